The zero-order valence-corrected chi connectivity index (χ0v) is 23.2. The summed E-state index contributed by atoms with van der Waals surface area (Å²) in [5, 5.41) is 3.65. The number of pyridine rings is 2. The van der Waals surface area contributed by atoms with E-state index in [1.807, 2.05) is 36.4 Å². The lowest BCUT2D eigenvalue weighted by Crippen LogP contribution is -2.44. The van der Waals surface area contributed by atoms with Gasteiger partial charge < -0.3 is 15.1 Å². The molecule has 6 nitrogen and oxygen atoms in total. The number of halogens is 3. The average Bonchev–Trinajstić information content (AvgIpc) is 3.47. The van der Waals surface area contributed by atoms with Crippen LogP contribution in [0.15, 0.2) is 79.1 Å². The van der Waals surface area contributed by atoms with Gasteiger partial charge in [-0.3, -0.25) is 14.8 Å². The molecule has 0 radical (unpaired) electrons. The molecule has 1 N–H and O–H groups in total. The molecule has 9 heteroatoms. The molecule has 0 bridgehead atoms. The third kappa shape index (κ3) is 5.92. The molecular formula is C33H30F3N5O. The monoisotopic (exact) mass is 569 g/mol. The van der Waals surface area contributed by atoms with Gasteiger partial charge >= 0.3 is 6.18 Å². The van der Waals surface area contributed by atoms with E-state index in [2.05, 4.69) is 39.3 Å². The maximum atomic E-state index is 13.3. The lowest BCUT2D eigenvalue weighted by Gasteiger charge is -2.35. The molecule has 3 heterocycles. The molecular weight excluding hydrogens is 539 g/mol. The van der Waals surface area contributed by atoms with Crippen LogP contribution in [-0.4, -0.2) is 53.9 Å². The van der Waals surface area contributed by atoms with E-state index >= 15 is 0 Å². The van der Waals surface area contributed by atoms with Crippen LogP contribution in [0.1, 0.15) is 32.7 Å². The number of benzene rings is 2. The van der Waals surface area contributed by atoms with Gasteiger partial charge in [-0.2, -0.15) is 13.2 Å². The van der Waals surface area contributed by atoms with E-state index in [1.54, 1.807) is 12.4 Å². The Hall–Kier alpha value is -4.50. The summed E-state index contributed by atoms with van der Waals surface area (Å²) in [6.45, 7) is 3.55. The summed E-state index contributed by atoms with van der Waals surface area (Å²) >= 11 is 0. The summed E-state index contributed by atoms with van der Waals surface area (Å²) in [6.07, 6.45) is 3.87. The Labute approximate surface area is 242 Å². The highest BCUT2D eigenvalue weighted by molar-refractivity contribution is 5.98. The van der Waals surface area contributed by atoms with Crippen LogP contribution in [0.2, 0.25) is 0 Å². The summed E-state index contributed by atoms with van der Waals surface area (Å²) in [7, 11) is 2.10. The van der Waals surface area contributed by atoms with E-state index in [1.165, 1.54) is 12.1 Å². The van der Waals surface area contributed by atoms with Crippen LogP contribution in [0.25, 0.3) is 17.3 Å². The number of carbonyl (C=O) groups excluding carboxylic acids is 1. The number of carbonyl (C=O) groups is 1. The van der Waals surface area contributed by atoms with Crippen molar-refractivity contribution in [3.8, 4) is 11.3 Å². The number of nitrogens with one attached hydrogen (secondary N) is 1. The van der Waals surface area contributed by atoms with E-state index in [4.69, 9.17) is 4.98 Å². The van der Waals surface area contributed by atoms with Crippen LogP contribution in [0.3, 0.4) is 0 Å². The van der Waals surface area contributed by atoms with E-state index in [0.717, 1.165) is 84.3 Å². The summed E-state index contributed by atoms with van der Waals surface area (Å²) in [5.74, 6) is -0.369. The van der Waals surface area contributed by atoms with Gasteiger partial charge in [0.1, 0.15) is 0 Å². The van der Waals surface area contributed by atoms with Gasteiger partial charge in [0.15, 0.2) is 5.78 Å². The molecule has 0 spiro atoms. The molecule has 42 heavy (non-hydrogen) atoms. The summed E-state index contributed by atoms with van der Waals surface area (Å²) < 4.78 is 39.8. The van der Waals surface area contributed by atoms with Crippen molar-refractivity contribution >= 4 is 28.9 Å². The normalized spacial score (nSPS) is 15.1. The van der Waals surface area contributed by atoms with Crippen LogP contribution in [0.5, 0.6) is 0 Å². The molecule has 0 unspecified atom stereocenters. The van der Waals surface area contributed by atoms with Gasteiger partial charge in [0.25, 0.3) is 0 Å². The van der Waals surface area contributed by atoms with Gasteiger partial charge in [0.05, 0.1) is 28.3 Å². The number of rotatable bonds is 7. The topological polar surface area (TPSA) is 61.4 Å². The number of hydrogen-bond acceptors (Lipinski definition) is 6. The molecule has 1 aliphatic heterocycles. The number of likely N-dealkylation sites (N-methyl/N-ethyl adjacent to an activating group) is 1. The van der Waals surface area contributed by atoms with Gasteiger partial charge in [0.2, 0.25) is 0 Å². The number of Topliss-reactive ketones (excluding diaryl/α,β-unsaturated/α-hetero) is 1. The van der Waals surface area contributed by atoms with Gasteiger partial charge in [-0.15, -0.1) is 0 Å². The Morgan fingerprint density at radius 2 is 1.81 bits per heavy atom. The fourth-order valence-corrected chi connectivity index (χ4v) is 5.42. The number of allylic oxidation sites excluding steroid dienone is 1. The van der Waals surface area contributed by atoms with Crippen molar-refractivity contribution in [2.45, 2.75) is 19.0 Å². The molecule has 0 amide bonds. The number of alkyl halides is 3. The molecule has 0 atom stereocenters. The predicted molar refractivity (Wildman–Crippen MR) is 159 cm³/mol. The average molecular weight is 570 g/mol. The standard InChI is InChI=1S/C33H30F3N5O/c1-40-13-15-41(16-14-40)31-11-10-22(18-32(42)23-5-2-7-25(19-23)33(34,35)36)17-30(31)39-29-20-28(24-6-4-12-37-21-24)38-27-9-3-8-26(27)29/h2-8,10-12,17,19-21H,9,13-16,18H2,1H3,(H,38,39). The Morgan fingerprint density at radius 1 is 0.976 bits per heavy atom. The second kappa shape index (κ2) is 11.4. The van der Waals surface area contributed by atoms with Crippen molar-refractivity contribution in [2.75, 3.05) is 43.4 Å². The fraction of sp³-hybridized carbons (Fsp3) is 0.242. The van der Waals surface area contributed by atoms with Crippen molar-refractivity contribution in [1.29, 1.82) is 0 Å². The maximum Gasteiger partial charge on any atom is 0.416 e. The minimum absolute atomic E-state index is 0.0195. The first-order chi connectivity index (χ1) is 20.2. The first kappa shape index (κ1) is 27.7. The molecule has 214 valence electrons. The van der Waals surface area contributed by atoms with Gasteiger partial charge in [0, 0.05) is 73.8 Å². The van der Waals surface area contributed by atoms with E-state index in [0.29, 0.717) is 5.56 Å². The zero-order valence-electron chi connectivity index (χ0n) is 23.2. The molecule has 0 saturated carbocycles. The Bertz CT molecular complexity index is 1640. The number of aromatic nitrogens is 2. The lowest BCUT2D eigenvalue weighted by molar-refractivity contribution is -0.137. The molecule has 4 aromatic rings. The molecule has 1 aliphatic carbocycles. The summed E-state index contributed by atoms with van der Waals surface area (Å²) in [6, 6.07) is 16.3. The number of piperazine rings is 1. The van der Waals surface area contributed by atoms with Crippen molar-refractivity contribution in [3.63, 3.8) is 0 Å². The maximum absolute atomic E-state index is 13.3. The number of fused-ring (bicyclic) bond motifs is 1. The highest BCUT2D eigenvalue weighted by Gasteiger charge is 2.31. The number of nitrogens with zero attached hydrogens (tertiary/aromatic N) is 4. The molecule has 1 fully saturated rings. The number of ketones is 1. The van der Waals surface area contributed by atoms with Crippen LogP contribution < -0.4 is 10.2 Å². The Kier molecular flexibility index (Phi) is 7.51. The number of anilines is 3. The van der Waals surface area contributed by atoms with Crippen LogP contribution in [0.4, 0.5) is 30.2 Å². The highest BCUT2D eigenvalue weighted by Crippen LogP contribution is 2.37. The quantitative estimate of drug-likeness (QED) is 0.252. The van der Waals surface area contributed by atoms with Crippen LogP contribution >= 0.6 is 0 Å². The minimum atomic E-state index is -4.51. The van der Waals surface area contributed by atoms with E-state index in [-0.39, 0.29) is 17.8 Å². The van der Waals surface area contributed by atoms with Crippen molar-refractivity contribution in [1.82, 2.24) is 14.9 Å². The zero-order chi connectivity index (χ0) is 29.3. The van der Waals surface area contributed by atoms with E-state index in [9.17, 15) is 18.0 Å². The molecule has 2 aliphatic rings. The molecule has 2 aromatic carbocycles. The fourth-order valence-electron chi connectivity index (χ4n) is 5.42. The summed E-state index contributed by atoms with van der Waals surface area (Å²) in [5.41, 5.74) is 6.36. The molecule has 6 rings (SSSR count). The molecule has 2 aromatic heterocycles. The third-order valence-corrected chi connectivity index (χ3v) is 7.74. The smallest absolute Gasteiger partial charge is 0.367 e. The second-order valence-electron chi connectivity index (χ2n) is 10.7. The molecule has 1 saturated heterocycles. The van der Waals surface area contributed by atoms with Crippen molar-refractivity contribution in [2.24, 2.45) is 0 Å². The van der Waals surface area contributed by atoms with Crippen LogP contribution in [-0.2, 0) is 19.0 Å². The van der Waals surface area contributed by atoms with Gasteiger partial charge in [-0.05, 0) is 55.1 Å². The lowest BCUT2D eigenvalue weighted by atomic mass is 10.00. The Balaban J connectivity index is 1.36. The Morgan fingerprint density at radius 3 is 2.57 bits per heavy atom. The predicted octanol–water partition coefficient (Wildman–Crippen LogP) is 6.65. The van der Waals surface area contributed by atoms with Crippen molar-refractivity contribution < 1.29 is 18.0 Å². The SMILES string of the molecule is CN1CCN(c2ccc(CC(=O)c3cccc(C(F)(F)F)c3)cc2Nc2cc(-c3cccnc3)nc3c2C=CC3)CC1. The highest BCUT2D eigenvalue weighted by atomic mass is 19.4. The van der Waals surface area contributed by atoms with Crippen LogP contribution in [0, 0.1) is 0 Å². The second-order valence-corrected chi connectivity index (χ2v) is 10.7. The largest absolute Gasteiger partial charge is 0.416 e. The first-order valence-electron chi connectivity index (χ1n) is 13.9. The summed E-state index contributed by atoms with van der Waals surface area (Å²) in [4.78, 5) is 26.8. The number of hydrogen-bond donors (Lipinski definition) is 1. The van der Waals surface area contributed by atoms with E-state index < -0.39 is 11.7 Å². The minimum Gasteiger partial charge on any atom is -0.367 e. The van der Waals surface area contributed by atoms with Crippen molar-refractivity contribution in [3.05, 3.63) is 107 Å². The third-order valence-electron chi connectivity index (χ3n) is 7.74. The first-order valence-corrected chi connectivity index (χ1v) is 13.9. The van der Waals surface area contributed by atoms with Gasteiger partial charge in [-0.1, -0.05) is 30.4 Å². The van der Waals surface area contributed by atoms with Gasteiger partial charge in [-0.25, -0.2) is 0 Å².